The van der Waals surface area contributed by atoms with Crippen molar-refractivity contribution in [3.8, 4) is 11.5 Å². The van der Waals surface area contributed by atoms with Crippen LogP contribution in [0.25, 0.3) is 6.08 Å². The van der Waals surface area contributed by atoms with E-state index in [0.717, 1.165) is 97.2 Å². The average Bonchev–Trinajstić information content (AvgIpc) is 1.65. The van der Waals surface area contributed by atoms with E-state index in [9.17, 15) is 69.6 Å². The third-order valence-electron chi connectivity index (χ3n) is 18.4. The molecule has 0 aromatic heterocycles. The predicted molar refractivity (Wildman–Crippen MR) is 380 cm³/mol. The number of amides is 2. The summed E-state index contributed by atoms with van der Waals surface area (Å²) < 4.78 is 194. The van der Waals surface area contributed by atoms with Crippen molar-refractivity contribution in [2.75, 3.05) is 52.4 Å². The van der Waals surface area contributed by atoms with Gasteiger partial charge in [-0.3, -0.25) is 29.4 Å². The van der Waals surface area contributed by atoms with Crippen molar-refractivity contribution in [2.24, 2.45) is 9.98 Å². The van der Waals surface area contributed by atoms with Crippen molar-refractivity contribution in [2.45, 2.75) is 124 Å². The van der Waals surface area contributed by atoms with E-state index in [4.69, 9.17) is 0 Å². The van der Waals surface area contributed by atoms with Gasteiger partial charge in [-0.1, -0.05) is 114 Å². The van der Waals surface area contributed by atoms with Crippen LogP contribution in [0, 0.1) is 13.8 Å². The van der Waals surface area contributed by atoms with E-state index in [1.165, 1.54) is 62.2 Å². The number of carbonyl (C=O) groups excluding carboxylic acids is 2. The van der Waals surface area contributed by atoms with Crippen LogP contribution in [0.4, 0.5) is 26.3 Å². The number of hydrogen-bond donors (Lipinski definition) is 4. The number of nitrogens with zero attached hydrogens (tertiary/aromatic N) is 6. The number of rotatable bonds is 19. The quantitative estimate of drug-likeness (QED) is 0.0550. The molecule has 6 heterocycles. The van der Waals surface area contributed by atoms with E-state index in [1.54, 1.807) is 31.2 Å². The van der Waals surface area contributed by atoms with Crippen LogP contribution < -0.4 is 29.6 Å². The SMILES string of the molecule is C=CS(=O)(=O)N1CCC2(CC1)N=C(c1cccc(OC(F)(F)F)c1)NC2=O.Cc1cc(S(=O)(=O)NC2CCN(Cc3ccccc3)CC2)ccc1/C=C/S(=O)(=O)N1CCC2(CC1)N=C(c1cccc(OC(F)(F)F)c1)NC2=O.Cc1cc(S(=O)(=O)NC2CCN(Cc3ccccc3)CC2)ccc1Br. The van der Waals surface area contributed by atoms with Gasteiger partial charge in [-0.25, -0.2) is 43.1 Å². The fourth-order valence-electron chi connectivity index (χ4n) is 12.7. The number of carbonyl (C=O) groups is 2. The van der Waals surface area contributed by atoms with Crippen LogP contribution in [0.5, 0.6) is 11.5 Å². The molecule has 0 saturated carbocycles. The van der Waals surface area contributed by atoms with Crippen molar-refractivity contribution >= 4 is 85.6 Å². The lowest BCUT2D eigenvalue weighted by Crippen LogP contribution is -2.50. The first kappa shape index (κ1) is 77.9. The number of piperidine rings is 4. The minimum atomic E-state index is -4.88. The molecular weight excluding hydrogens is 1490 g/mol. The highest BCUT2D eigenvalue weighted by atomic mass is 79.9. The summed E-state index contributed by atoms with van der Waals surface area (Å²) in [5.74, 6) is -1.53. The van der Waals surface area contributed by atoms with Crippen molar-refractivity contribution in [1.82, 2.24) is 38.5 Å². The zero-order chi connectivity index (χ0) is 74.2. The fourth-order valence-corrected chi connectivity index (χ4v) is 17.8. The molecule has 33 heteroatoms. The van der Waals surface area contributed by atoms with Gasteiger partial charge in [0.2, 0.25) is 40.1 Å². The fraction of sp³-hybridized carbons (Fsp3) is 0.371. The number of ether oxygens (including phenoxy) is 2. The Labute approximate surface area is 603 Å². The van der Waals surface area contributed by atoms with Crippen LogP contribution in [-0.4, -0.2) is 164 Å². The van der Waals surface area contributed by atoms with Crippen molar-refractivity contribution < 1.29 is 79.1 Å². The second kappa shape index (κ2) is 32.3. The van der Waals surface area contributed by atoms with Crippen LogP contribution >= 0.6 is 15.9 Å². The highest BCUT2D eigenvalue weighted by Crippen LogP contribution is 2.36. The third kappa shape index (κ3) is 20.6. The van der Waals surface area contributed by atoms with E-state index < -0.39 is 87.2 Å². The number of sulfonamides is 4. The molecule has 6 aliphatic heterocycles. The number of likely N-dealkylation sites (tertiary alicyclic amines) is 2. The highest BCUT2D eigenvalue weighted by Gasteiger charge is 2.49. The molecule has 2 amide bonds. The number of benzene rings is 6. The molecule has 0 radical (unpaired) electrons. The van der Waals surface area contributed by atoms with Gasteiger partial charge in [-0.05, 0) is 154 Å². The van der Waals surface area contributed by atoms with Gasteiger partial charge in [0, 0.05) is 104 Å². The topological polar surface area (TPSA) is 275 Å². The third-order valence-corrected chi connectivity index (χ3v) is 25.4. The molecule has 12 rings (SSSR count). The van der Waals surface area contributed by atoms with Gasteiger partial charge in [0.1, 0.15) is 34.2 Å². The Hall–Kier alpha value is -7.70. The van der Waals surface area contributed by atoms with Crippen molar-refractivity contribution in [3.05, 3.63) is 206 Å². The molecule has 4 N–H and O–H groups in total. The molecule has 6 aliphatic rings. The minimum Gasteiger partial charge on any atom is -0.406 e. The molecule has 0 atom stereocenters. The molecule has 552 valence electrons. The molecule has 103 heavy (non-hydrogen) atoms. The van der Waals surface area contributed by atoms with E-state index in [2.05, 4.69) is 108 Å². The molecular formula is C70H77BrF6N10O12S4. The summed E-state index contributed by atoms with van der Waals surface area (Å²) >= 11 is 3.41. The second-order valence-corrected chi connectivity index (χ2v) is 33.6. The Morgan fingerprint density at radius 3 is 1.32 bits per heavy atom. The Morgan fingerprint density at radius 1 is 0.534 bits per heavy atom. The average molecular weight is 1570 g/mol. The Bertz CT molecular complexity index is 4640. The zero-order valence-corrected chi connectivity index (χ0v) is 60.9. The van der Waals surface area contributed by atoms with Gasteiger partial charge in [0.25, 0.3) is 11.8 Å². The monoisotopic (exact) mass is 1570 g/mol. The Balaban J connectivity index is 0.000000184. The minimum absolute atomic E-state index is 0.000904. The van der Waals surface area contributed by atoms with Gasteiger partial charge >= 0.3 is 12.7 Å². The van der Waals surface area contributed by atoms with Gasteiger partial charge in [-0.2, -0.15) is 8.61 Å². The lowest BCUT2D eigenvalue weighted by Gasteiger charge is -2.34. The van der Waals surface area contributed by atoms with E-state index in [0.29, 0.717) is 28.9 Å². The summed E-state index contributed by atoms with van der Waals surface area (Å²) in [4.78, 5) is 39.4. The van der Waals surface area contributed by atoms with Crippen molar-refractivity contribution in [1.29, 1.82) is 0 Å². The van der Waals surface area contributed by atoms with Gasteiger partial charge < -0.3 is 20.1 Å². The molecule has 2 spiro atoms. The molecule has 0 bridgehead atoms. The smallest absolute Gasteiger partial charge is 0.406 e. The number of alkyl halides is 6. The molecule has 6 aromatic rings. The van der Waals surface area contributed by atoms with Crippen LogP contribution in [0.3, 0.4) is 0 Å². The summed E-state index contributed by atoms with van der Waals surface area (Å²) in [6.07, 6.45) is -4.79. The standard InChI is InChI=1S/C35H38F3N5O6S2.C19H23BrN2O2S.C16H16F3N3O4S/c1-25-22-31(51(47,48)41-29-12-17-42(18-13-29)24-26-6-3-2-4-7-26)11-10-27(25)14-21-50(45,46)43-19-15-34(16-20-43)33(44)39-32(40-34)28-8-5-9-30(23-28)49-35(36,37)38;1-15-13-18(7-8-19(15)20)25(23,24)21-17-9-11-22(12-10-17)14-16-5-3-2-4-6-16;1-2-27(24,25)22-8-6-15(7-9-22)14(23)20-13(21-15)11-4-3-5-12(10-11)26-16(17,18)19/h2-11,14,21-23,29,41H,12-13,15-20,24H2,1H3,(H,39,40,44);2-8,13,17,21H,9-12,14H2,1H3;2-5,10H,1,6-9H2,(H,20,21,23)/b21-14+;;. The Kier molecular flexibility index (Phi) is 24.5. The maximum absolute atomic E-state index is 13.3. The number of halogens is 7. The van der Waals surface area contributed by atoms with E-state index >= 15 is 0 Å². The molecule has 22 nitrogen and oxygen atoms in total. The molecule has 4 saturated heterocycles. The lowest BCUT2D eigenvalue weighted by atomic mass is 9.89. The van der Waals surface area contributed by atoms with Crippen LogP contribution in [0.2, 0.25) is 0 Å². The predicted octanol–water partition coefficient (Wildman–Crippen LogP) is 10.0. The molecule has 0 aliphatic carbocycles. The van der Waals surface area contributed by atoms with Crippen LogP contribution in [0.1, 0.15) is 90.3 Å². The summed E-state index contributed by atoms with van der Waals surface area (Å²) in [5.41, 5.74) is 2.64. The first-order valence-corrected chi connectivity index (χ1v) is 39.7. The summed E-state index contributed by atoms with van der Waals surface area (Å²) in [6.45, 7) is 12.1. The maximum atomic E-state index is 13.3. The first-order chi connectivity index (χ1) is 48.6. The number of aryl methyl sites for hydroxylation is 2. The molecule has 6 aromatic carbocycles. The number of nitrogens with one attached hydrogen (secondary N) is 4. The highest BCUT2D eigenvalue weighted by molar-refractivity contribution is 9.10. The Morgan fingerprint density at radius 2 is 0.932 bits per heavy atom. The van der Waals surface area contributed by atoms with E-state index in [1.807, 2.05) is 31.2 Å². The normalized spacial score (nSPS) is 19.0. The maximum Gasteiger partial charge on any atom is 0.573 e. The van der Waals surface area contributed by atoms with Gasteiger partial charge in [0.15, 0.2) is 0 Å². The number of amidine groups is 2. The largest absolute Gasteiger partial charge is 0.573 e. The van der Waals surface area contributed by atoms with Crippen LogP contribution in [0.15, 0.2) is 187 Å². The lowest BCUT2D eigenvalue weighted by molar-refractivity contribution is -0.275. The van der Waals surface area contributed by atoms with Gasteiger partial charge in [0.05, 0.1) is 9.79 Å². The van der Waals surface area contributed by atoms with E-state index in [-0.39, 0.29) is 91.6 Å². The zero-order valence-electron chi connectivity index (χ0n) is 56.0. The van der Waals surface area contributed by atoms with Crippen LogP contribution in [-0.2, 0) is 62.8 Å². The number of aliphatic imine (C=N–C) groups is 2. The second-order valence-electron chi connectivity index (χ2n) is 25.6. The number of hydrogen-bond acceptors (Lipinski definition) is 16. The first-order valence-electron chi connectivity index (χ1n) is 32.9. The summed E-state index contributed by atoms with van der Waals surface area (Å²) in [7, 11) is -14.8. The summed E-state index contributed by atoms with van der Waals surface area (Å²) in [5, 5.41) is 7.09. The van der Waals surface area contributed by atoms with Crippen molar-refractivity contribution in [3.63, 3.8) is 0 Å². The summed E-state index contributed by atoms with van der Waals surface area (Å²) in [6, 6.07) is 40.2. The molecule has 4 fully saturated rings. The molecule has 0 unspecified atom stereocenters. The van der Waals surface area contributed by atoms with Gasteiger partial charge in [-0.15, -0.1) is 26.3 Å².